The molecule has 2 N–H and O–H groups in total. The number of fused-ring (bicyclic) bond motifs is 1. The molecule has 2 heterocycles. The van der Waals surface area contributed by atoms with Gasteiger partial charge in [-0.2, -0.15) is 0 Å². The number of aromatic nitrogens is 2. The van der Waals surface area contributed by atoms with Gasteiger partial charge >= 0.3 is 0 Å². The molecule has 2 aliphatic rings. The molecule has 0 radical (unpaired) electrons. The van der Waals surface area contributed by atoms with Crippen LogP contribution in [0.2, 0.25) is 5.02 Å². The highest BCUT2D eigenvalue weighted by Gasteiger charge is 2.39. The first kappa shape index (κ1) is 19.0. The van der Waals surface area contributed by atoms with E-state index in [0.717, 1.165) is 53.6 Å². The number of aromatic amines is 1. The van der Waals surface area contributed by atoms with E-state index in [1.165, 1.54) is 5.56 Å². The number of carbonyl (C=O) groups excluding carboxylic acids is 1. The molecule has 3 aromatic rings. The molecule has 29 heavy (non-hydrogen) atoms. The second kappa shape index (κ2) is 8.01. The van der Waals surface area contributed by atoms with Gasteiger partial charge in [0.15, 0.2) is 5.16 Å². The molecule has 0 unspecified atom stereocenters. The van der Waals surface area contributed by atoms with Crippen molar-refractivity contribution in [3.8, 4) is 0 Å². The molecule has 2 aromatic carbocycles. The minimum atomic E-state index is -0.104. The highest BCUT2D eigenvalue weighted by atomic mass is 35.5. The quantitative estimate of drug-likeness (QED) is 0.619. The monoisotopic (exact) mass is 426 g/mol. The Hall–Kier alpha value is -2.02. The third kappa shape index (κ3) is 4.44. The van der Waals surface area contributed by atoms with Crippen molar-refractivity contribution in [2.75, 3.05) is 6.54 Å². The maximum Gasteiger partial charge on any atom is 0.237 e. The number of rotatable bonds is 6. The van der Waals surface area contributed by atoms with Gasteiger partial charge in [-0.25, -0.2) is 4.98 Å². The Kier molecular flexibility index (Phi) is 5.24. The summed E-state index contributed by atoms with van der Waals surface area (Å²) in [5.74, 6) is 0.161. The maximum atomic E-state index is 12.9. The third-order valence-electron chi connectivity index (χ3n) is 5.54. The Morgan fingerprint density at radius 1 is 1.21 bits per heavy atom. The fourth-order valence-electron chi connectivity index (χ4n) is 3.89. The number of thioether (sulfide) groups is 1. The normalized spacial score (nSPS) is 22.2. The highest BCUT2D eigenvalue weighted by molar-refractivity contribution is 7.99. The number of halogens is 1. The number of nitrogens with zero attached hydrogens (tertiary/aromatic N) is 2. The zero-order valence-electron chi connectivity index (χ0n) is 16.0. The summed E-state index contributed by atoms with van der Waals surface area (Å²) in [7, 11) is 0. The van der Waals surface area contributed by atoms with Crippen LogP contribution in [-0.2, 0) is 11.3 Å². The van der Waals surface area contributed by atoms with E-state index in [4.69, 9.17) is 16.6 Å². The fraction of sp³-hybridized carbons (Fsp3) is 0.364. The minimum Gasteiger partial charge on any atom is -0.352 e. The third-order valence-corrected chi connectivity index (χ3v) is 6.88. The van der Waals surface area contributed by atoms with Gasteiger partial charge in [0.25, 0.3) is 0 Å². The van der Waals surface area contributed by atoms with Crippen LogP contribution in [0.3, 0.4) is 0 Å². The Balaban J connectivity index is 1.32. The van der Waals surface area contributed by atoms with Crippen LogP contribution in [0.1, 0.15) is 24.8 Å². The summed E-state index contributed by atoms with van der Waals surface area (Å²) in [5, 5.41) is 5.16. The van der Waals surface area contributed by atoms with Crippen LogP contribution in [0, 0.1) is 0 Å². The van der Waals surface area contributed by atoms with E-state index in [9.17, 15) is 4.79 Å². The van der Waals surface area contributed by atoms with Crippen molar-refractivity contribution in [1.29, 1.82) is 0 Å². The number of amides is 1. The van der Waals surface area contributed by atoms with E-state index in [-0.39, 0.29) is 11.9 Å². The molecule has 2 atom stereocenters. The Morgan fingerprint density at radius 2 is 2.00 bits per heavy atom. The molecule has 5 nitrogen and oxygen atoms in total. The first-order valence-electron chi connectivity index (χ1n) is 10.0. The lowest BCUT2D eigenvalue weighted by Crippen LogP contribution is -2.43. The second-order valence-electron chi connectivity index (χ2n) is 7.89. The van der Waals surface area contributed by atoms with Crippen molar-refractivity contribution in [2.24, 2.45) is 0 Å². The van der Waals surface area contributed by atoms with E-state index >= 15 is 0 Å². The molecule has 1 aliphatic carbocycles. The van der Waals surface area contributed by atoms with Gasteiger partial charge < -0.3 is 10.3 Å². The Morgan fingerprint density at radius 3 is 2.76 bits per heavy atom. The number of hydrogen-bond acceptors (Lipinski definition) is 4. The molecule has 1 saturated carbocycles. The maximum absolute atomic E-state index is 12.9. The predicted octanol–water partition coefficient (Wildman–Crippen LogP) is 4.23. The minimum absolute atomic E-state index is 0.104. The van der Waals surface area contributed by atoms with E-state index in [0.29, 0.717) is 11.3 Å². The Bertz CT molecular complexity index is 984. The number of carbonyl (C=O) groups is 1. The van der Waals surface area contributed by atoms with Gasteiger partial charge in [-0.15, -0.1) is 0 Å². The first-order valence-corrected chi connectivity index (χ1v) is 11.3. The Labute approximate surface area is 179 Å². The van der Waals surface area contributed by atoms with Crippen LogP contribution in [0.15, 0.2) is 53.7 Å². The molecular formula is C22H23ClN4OS. The molecule has 1 saturated heterocycles. The molecule has 2 fully saturated rings. The second-order valence-corrected chi connectivity index (χ2v) is 9.61. The fourth-order valence-corrected chi connectivity index (χ4v) is 5.19. The summed E-state index contributed by atoms with van der Waals surface area (Å²) in [6, 6.07) is 16.2. The summed E-state index contributed by atoms with van der Waals surface area (Å²) in [6.07, 6.45) is 3.04. The highest BCUT2D eigenvalue weighted by Crippen LogP contribution is 2.34. The average molecular weight is 427 g/mol. The first-order chi connectivity index (χ1) is 14.1. The molecule has 1 aromatic heterocycles. The predicted molar refractivity (Wildman–Crippen MR) is 117 cm³/mol. The standard InChI is InChI=1S/C22H23ClN4OS/c23-15-7-5-14(6-8-15)12-27-13-17(11-20(27)21(28)24-16-9-10-16)29-22-25-18-3-1-2-4-19(18)26-22/h1-8,16-17,20H,9-13H2,(H,24,28)(H,25,26)/t17-,20-/m0/s1. The molecule has 1 amide bonds. The lowest BCUT2D eigenvalue weighted by Gasteiger charge is -2.23. The average Bonchev–Trinajstić information content (AvgIpc) is 3.29. The SMILES string of the molecule is O=C(NC1CC1)[C@@H]1C[C@H](Sc2nc3ccccc3[nH]2)CN1Cc1ccc(Cl)cc1. The molecule has 5 rings (SSSR count). The van der Waals surface area contributed by atoms with Crippen LogP contribution in [0.5, 0.6) is 0 Å². The number of para-hydroxylation sites is 2. The lowest BCUT2D eigenvalue weighted by atomic mass is 10.1. The van der Waals surface area contributed by atoms with Crippen molar-refractivity contribution in [3.05, 3.63) is 59.1 Å². The van der Waals surface area contributed by atoms with Crippen molar-refractivity contribution < 1.29 is 4.79 Å². The summed E-state index contributed by atoms with van der Waals surface area (Å²) in [4.78, 5) is 23.3. The van der Waals surface area contributed by atoms with Crippen molar-refractivity contribution >= 4 is 40.3 Å². The molecule has 0 bridgehead atoms. The molecule has 0 spiro atoms. The van der Waals surface area contributed by atoms with Crippen molar-refractivity contribution in [3.63, 3.8) is 0 Å². The van der Waals surface area contributed by atoms with Gasteiger partial charge in [-0.1, -0.05) is 47.6 Å². The number of benzene rings is 2. The molecular weight excluding hydrogens is 404 g/mol. The zero-order chi connectivity index (χ0) is 19.8. The number of nitrogens with one attached hydrogen (secondary N) is 2. The summed E-state index contributed by atoms with van der Waals surface area (Å²) in [5.41, 5.74) is 3.20. The van der Waals surface area contributed by atoms with E-state index in [1.54, 1.807) is 11.8 Å². The number of hydrogen-bond donors (Lipinski definition) is 2. The lowest BCUT2D eigenvalue weighted by molar-refractivity contribution is -0.125. The van der Waals surface area contributed by atoms with Crippen molar-refractivity contribution in [1.82, 2.24) is 20.2 Å². The van der Waals surface area contributed by atoms with Crippen LogP contribution < -0.4 is 5.32 Å². The smallest absolute Gasteiger partial charge is 0.237 e. The van der Waals surface area contributed by atoms with E-state index in [2.05, 4.69) is 15.2 Å². The van der Waals surface area contributed by atoms with Crippen molar-refractivity contribution in [2.45, 2.75) is 48.3 Å². The summed E-state index contributed by atoms with van der Waals surface area (Å²) >= 11 is 7.77. The molecule has 1 aliphatic heterocycles. The molecule has 7 heteroatoms. The van der Waals surface area contributed by atoms with Crippen LogP contribution in [-0.4, -0.2) is 44.7 Å². The summed E-state index contributed by atoms with van der Waals surface area (Å²) in [6.45, 7) is 1.60. The van der Waals surface area contributed by atoms with Gasteiger partial charge in [0.1, 0.15) is 0 Å². The van der Waals surface area contributed by atoms with Gasteiger partial charge in [0, 0.05) is 29.4 Å². The molecule has 150 valence electrons. The summed E-state index contributed by atoms with van der Waals surface area (Å²) < 4.78 is 0. The number of imidazole rings is 1. The van der Waals surface area contributed by atoms with Crippen LogP contribution in [0.25, 0.3) is 11.0 Å². The zero-order valence-corrected chi connectivity index (χ0v) is 17.5. The topological polar surface area (TPSA) is 61.0 Å². The largest absolute Gasteiger partial charge is 0.352 e. The van der Waals surface area contributed by atoms with Crippen LogP contribution in [0.4, 0.5) is 0 Å². The van der Waals surface area contributed by atoms with Gasteiger partial charge in [-0.05, 0) is 49.1 Å². The number of H-pyrrole nitrogens is 1. The van der Waals surface area contributed by atoms with E-state index < -0.39 is 0 Å². The van der Waals surface area contributed by atoms with E-state index in [1.807, 2.05) is 48.5 Å². The van der Waals surface area contributed by atoms with Crippen LogP contribution >= 0.6 is 23.4 Å². The van der Waals surface area contributed by atoms with Gasteiger partial charge in [-0.3, -0.25) is 9.69 Å². The van der Waals surface area contributed by atoms with Gasteiger partial charge in [0.2, 0.25) is 5.91 Å². The van der Waals surface area contributed by atoms with Gasteiger partial charge in [0.05, 0.1) is 17.1 Å². The number of likely N-dealkylation sites (tertiary alicyclic amines) is 1.